The molecule has 8 nitrogen and oxygen atoms in total. The number of carbonyl (C=O) groups excluding carboxylic acids is 1. The lowest BCUT2D eigenvalue weighted by molar-refractivity contribution is -0.149. The Hall–Kier alpha value is -3.21. The number of aromatic nitrogens is 2. The molecule has 1 N–H and O–H groups in total. The molecular weight excluding hydrogens is 592 g/mol. The molecule has 2 bridgehead atoms. The van der Waals surface area contributed by atoms with Gasteiger partial charge in [-0.05, 0) is 49.9 Å². The summed E-state index contributed by atoms with van der Waals surface area (Å²) >= 11 is 14.2. The molecule has 4 heterocycles. The molecule has 0 unspecified atom stereocenters. The van der Waals surface area contributed by atoms with Crippen molar-refractivity contribution in [3.63, 3.8) is 0 Å². The molecule has 4 aromatic rings. The maximum Gasteiger partial charge on any atom is 0.335 e. The van der Waals surface area contributed by atoms with Gasteiger partial charge in [0.1, 0.15) is 23.1 Å². The fourth-order valence-electron chi connectivity index (χ4n) is 6.20. The molecule has 2 aliphatic heterocycles. The summed E-state index contributed by atoms with van der Waals surface area (Å²) in [7, 11) is 0. The number of hydrogen-bond donors (Lipinski definition) is 1. The predicted molar refractivity (Wildman–Crippen MR) is 153 cm³/mol. The number of carboxylic acid groups (broad SMARTS) is 1. The van der Waals surface area contributed by atoms with Crippen LogP contribution in [0.4, 0.5) is 9.52 Å². The average molecular weight is 616 g/mol. The summed E-state index contributed by atoms with van der Waals surface area (Å²) in [5.74, 6) is -1.27. The molecule has 1 aliphatic carbocycles. The summed E-state index contributed by atoms with van der Waals surface area (Å²) in [6, 6.07) is 7.85. The summed E-state index contributed by atoms with van der Waals surface area (Å²) in [6.45, 7) is 0. The lowest BCUT2D eigenvalue weighted by Crippen LogP contribution is -2.46. The van der Waals surface area contributed by atoms with Crippen molar-refractivity contribution in [3.8, 4) is 11.3 Å². The summed E-state index contributed by atoms with van der Waals surface area (Å²) in [5, 5.41) is 15.1. The minimum atomic E-state index is -1.18. The zero-order valence-electron chi connectivity index (χ0n) is 21.6. The quantitative estimate of drug-likeness (QED) is 0.217. The standard InChI is InChI=1S/C29H24Cl2FN3O5S/c30-19-2-1-3-20(31)24(19)25-18(27(40-34-25)13-4-5-13)12-23(36)39-17-10-15-6-7-16(11-17)35(15)29-33-26-21(32)8-14(28(37)38)9-22(26)41-29/h1-3,8-9,13,15-17H,4-7,10-12H2,(H,37,38)/t15-,16+,17-. The Labute approximate surface area is 248 Å². The molecule has 0 spiro atoms. The first-order valence-corrected chi connectivity index (χ1v) is 15.1. The maximum atomic E-state index is 14.6. The zero-order valence-corrected chi connectivity index (χ0v) is 23.9. The van der Waals surface area contributed by atoms with Crippen molar-refractivity contribution in [1.29, 1.82) is 0 Å². The Kier molecular flexibility index (Phi) is 6.67. The van der Waals surface area contributed by atoms with Gasteiger partial charge in [-0.25, -0.2) is 14.2 Å². The van der Waals surface area contributed by atoms with Crippen LogP contribution in [0.1, 0.15) is 66.1 Å². The first kappa shape index (κ1) is 26.7. The van der Waals surface area contributed by atoms with Gasteiger partial charge in [0.15, 0.2) is 10.9 Å². The Morgan fingerprint density at radius 2 is 1.83 bits per heavy atom. The lowest BCUT2D eigenvalue weighted by atomic mass is 9.99. The van der Waals surface area contributed by atoms with E-state index in [1.165, 1.54) is 17.4 Å². The number of anilines is 1. The van der Waals surface area contributed by atoms with E-state index in [1.807, 2.05) is 0 Å². The van der Waals surface area contributed by atoms with Crippen molar-refractivity contribution in [2.24, 2.45) is 0 Å². The van der Waals surface area contributed by atoms with E-state index in [4.69, 9.17) is 32.5 Å². The number of esters is 1. The third-order valence-corrected chi connectivity index (χ3v) is 9.83. The highest BCUT2D eigenvalue weighted by Gasteiger charge is 2.44. The largest absolute Gasteiger partial charge is 0.478 e. The Balaban J connectivity index is 1.08. The summed E-state index contributed by atoms with van der Waals surface area (Å²) < 4.78 is 26.8. The second-order valence-corrected chi connectivity index (χ2v) is 12.7. The Morgan fingerprint density at radius 1 is 1.12 bits per heavy atom. The first-order chi connectivity index (χ1) is 19.8. The number of rotatable bonds is 7. The number of halogens is 3. The zero-order chi connectivity index (χ0) is 28.4. The van der Waals surface area contributed by atoms with E-state index in [9.17, 15) is 19.1 Å². The number of carbonyl (C=O) groups is 2. The van der Waals surface area contributed by atoms with E-state index < -0.39 is 11.8 Å². The lowest BCUT2D eigenvalue weighted by Gasteiger charge is -2.38. The fourth-order valence-corrected chi connectivity index (χ4v) is 7.94. The summed E-state index contributed by atoms with van der Waals surface area (Å²) in [5.41, 5.74) is 1.77. The molecule has 7 rings (SSSR count). The SMILES string of the molecule is O=C(Cc1c(-c2c(Cl)cccc2Cl)noc1C1CC1)O[C@@H]1C[C@H]2CC[C@@H](C1)N2c1nc2c(F)cc(C(=O)O)cc2s1. The molecule has 2 aromatic heterocycles. The van der Waals surface area contributed by atoms with E-state index in [0.29, 0.717) is 55.3 Å². The van der Waals surface area contributed by atoms with Gasteiger partial charge in [0.05, 0.1) is 26.7 Å². The molecule has 1 saturated carbocycles. The molecule has 2 aromatic carbocycles. The second kappa shape index (κ2) is 10.3. The molecule has 3 atom stereocenters. The highest BCUT2D eigenvalue weighted by Crippen LogP contribution is 2.47. The number of benzene rings is 2. The van der Waals surface area contributed by atoms with Crippen molar-refractivity contribution >= 4 is 61.8 Å². The van der Waals surface area contributed by atoms with Crippen LogP contribution < -0.4 is 4.90 Å². The second-order valence-electron chi connectivity index (χ2n) is 10.9. The average Bonchev–Trinajstić information content (AvgIpc) is 3.45. The maximum absolute atomic E-state index is 14.6. The topological polar surface area (TPSA) is 106 Å². The number of fused-ring (bicyclic) bond motifs is 3. The van der Waals surface area contributed by atoms with Crippen molar-refractivity contribution in [2.45, 2.75) is 69.1 Å². The molecule has 0 amide bonds. The van der Waals surface area contributed by atoms with Gasteiger partial charge in [0, 0.05) is 42.0 Å². The minimum absolute atomic E-state index is 0.00479. The summed E-state index contributed by atoms with van der Waals surface area (Å²) in [6.07, 6.45) is 4.76. The molecular formula is C29H24Cl2FN3O5S. The Morgan fingerprint density at radius 3 is 2.49 bits per heavy atom. The van der Waals surface area contributed by atoms with E-state index in [0.717, 1.165) is 31.7 Å². The molecule has 0 radical (unpaired) electrons. The van der Waals surface area contributed by atoms with Crippen LogP contribution in [0.25, 0.3) is 21.5 Å². The van der Waals surface area contributed by atoms with Crippen LogP contribution in [0.2, 0.25) is 10.0 Å². The van der Waals surface area contributed by atoms with Gasteiger partial charge in [0.2, 0.25) is 0 Å². The van der Waals surface area contributed by atoms with Crippen LogP contribution >= 0.6 is 34.5 Å². The highest BCUT2D eigenvalue weighted by molar-refractivity contribution is 7.22. The van der Waals surface area contributed by atoms with Crippen molar-refractivity contribution in [2.75, 3.05) is 4.90 Å². The predicted octanol–water partition coefficient (Wildman–Crippen LogP) is 7.26. The molecule has 12 heteroatoms. The number of aromatic carboxylic acids is 1. The van der Waals surface area contributed by atoms with Crippen molar-refractivity contribution in [1.82, 2.24) is 10.1 Å². The number of piperidine rings is 1. The number of ether oxygens (including phenoxy) is 1. The molecule has 212 valence electrons. The fraction of sp³-hybridized carbons (Fsp3) is 0.379. The van der Waals surface area contributed by atoms with Gasteiger partial charge in [-0.15, -0.1) is 0 Å². The number of carboxylic acids is 1. The van der Waals surface area contributed by atoms with E-state index in [2.05, 4.69) is 15.0 Å². The smallest absolute Gasteiger partial charge is 0.335 e. The van der Waals surface area contributed by atoms with Crippen LogP contribution in [-0.2, 0) is 16.0 Å². The molecule has 41 heavy (non-hydrogen) atoms. The number of nitrogens with zero attached hydrogens (tertiary/aromatic N) is 3. The van der Waals surface area contributed by atoms with Crippen LogP contribution in [0.5, 0.6) is 0 Å². The summed E-state index contributed by atoms with van der Waals surface area (Å²) in [4.78, 5) is 31.4. The monoisotopic (exact) mass is 615 g/mol. The van der Waals surface area contributed by atoms with Crippen LogP contribution in [-0.4, -0.2) is 45.4 Å². The normalized spacial score (nSPS) is 21.9. The molecule has 3 fully saturated rings. The van der Waals surface area contributed by atoms with Crippen molar-refractivity contribution < 1.29 is 28.3 Å². The van der Waals surface area contributed by atoms with Crippen molar-refractivity contribution in [3.05, 3.63) is 63.1 Å². The van der Waals surface area contributed by atoms with Crippen LogP contribution in [0.15, 0.2) is 34.9 Å². The van der Waals surface area contributed by atoms with Gasteiger partial charge in [0.25, 0.3) is 0 Å². The Bertz CT molecular complexity index is 1670. The van der Waals surface area contributed by atoms with Gasteiger partial charge < -0.3 is 19.3 Å². The van der Waals surface area contributed by atoms with E-state index in [-0.39, 0.29) is 47.6 Å². The minimum Gasteiger partial charge on any atom is -0.478 e. The third kappa shape index (κ3) is 4.85. The molecule has 3 aliphatic rings. The first-order valence-electron chi connectivity index (χ1n) is 13.5. The van der Waals surface area contributed by atoms with Crippen LogP contribution in [0, 0.1) is 5.82 Å². The molecule has 2 saturated heterocycles. The third-order valence-electron chi connectivity index (χ3n) is 8.18. The van der Waals surface area contributed by atoms with E-state index >= 15 is 0 Å². The number of thiazole rings is 1. The van der Waals surface area contributed by atoms with E-state index in [1.54, 1.807) is 18.2 Å². The van der Waals surface area contributed by atoms with Gasteiger partial charge in [-0.3, -0.25) is 4.79 Å². The van der Waals surface area contributed by atoms with Gasteiger partial charge >= 0.3 is 11.9 Å². The van der Waals surface area contributed by atoms with Gasteiger partial charge in [-0.1, -0.05) is 45.8 Å². The van der Waals surface area contributed by atoms with Crippen LogP contribution in [0.3, 0.4) is 0 Å². The van der Waals surface area contributed by atoms with Gasteiger partial charge in [-0.2, -0.15) is 0 Å². The number of hydrogen-bond acceptors (Lipinski definition) is 8. The highest BCUT2D eigenvalue weighted by atomic mass is 35.5.